The molecule has 1 fully saturated rings. The number of para-hydroxylation sites is 1. The number of amides is 2. The SMILES string of the molecule is O=C(N/N=C\c1cn(-c2ccccc2)nc1-c1ccncc1)C(=O)NC1CC1. The summed E-state index contributed by atoms with van der Waals surface area (Å²) in [5, 5.41) is 11.2. The topological polar surface area (TPSA) is 101 Å². The number of carbonyl (C=O) groups excluding carboxylic acids is 2. The molecule has 0 bridgehead atoms. The molecule has 3 aromatic rings. The van der Waals surface area contributed by atoms with Crippen molar-refractivity contribution in [3.8, 4) is 16.9 Å². The van der Waals surface area contributed by atoms with Crippen molar-refractivity contribution >= 4 is 18.0 Å². The van der Waals surface area contributed by atoms with Crippen molar-refractivity contribution in [2.24, 2.45) is 5.10 Å². The largest absolute Gasteiger partial charge is 0.345 e. The fraction of sp³-hybridized carbons (Fsp3) is 0.150. The molecule has 0 aliphatic heterocycles. The first-order chi connectivity index (χ1) is 13.7. The van der Waals surface area contributed by atoms with Crippen LogP contribution >= 0.6 is 0 Å². The first-order valence-corrected chi connectivity index (χ1v) is 8.90. The molecule has 0 spiro atoms. The third kappa shape index (κ3) is 4.12. The highest BCUT2D eigenvalue weighted by atomic mass is 16.2. The number of nitrogens with zero attached hydrogens (tertiary/aromatic N) is 4. The molecule has 8 nitrogen and oxygen atoms in total. The summed E-state index contributed by atoms with van der Waals surface area (Å²) in [5.41, 5.74) is 5.40. The van der Waals surface area contributed by atoms with Crippen molar-refractivity contribution in [1.29, 1.82) is 0 Å². The predicted octanol–water partition coefficient (Wildman–Crippen LogP) is 1.66. The lowest BCUT2D eigenvalue weighted by molar-refractivity contribution is -0.139. The molecule has 8 heteroatoms. The van der Waals surface area contributed by atoms with Gasteiger partial charge in [-0.05, 0) is 37.1 Å². The summed E-state index contributed by atoms with van der Waals surface area (Å²) in [6.07, 6.45) is 8.48. The van der Waals surface area contributed by atoms with Crippen LogP contribution in [0.25, 0.3) is 16.9 Å². The molecule has 140 valence electrons. The molecule has 2 heterocycles. The number of hydrogen-bond donors (Lipinski definition) is 2. The maximum atomic E-state index is 11.8. The average Bonchev–Trinajstić information content (AvgIpc) is 3.45. The molecule has 2 aromatic heterocycles. The zero-order valence-corrected chi connectivity index (χ0v) is 14.9. The van der Waals surface area contributed by atoms with Gasteiger partial charge in [-0.25, -0.2) is 10.1 Å². The van der Waals surface area contributed by atoms with Gasteiger partial charge >= 0.3 is 11.8 Å². The summed E-state index contributed by atoms with van der Waals surface area (Å²) in [6.45, 7) is 0. The van der Waals surface area contributed by atoms with Gasteiger partial charge in [0.1, 0.15) is 5.69 Å². The Morgan fingerprint density at radius 2 is 1.82 bits per heavy atom. The Hall–Kier alpha value is -3.81. The summed E-state index contributed by atoms with van der Waals surface area (Å²) in [5.74, 6) is -1.46. The summed E-state index contributed by atoms with van der Waals surface area (Å²) < 4.78 is 1.73. The van der Waals surface area contributed by atoms with Gasteiger partial charge in [-0.3, -0.25) is 14.6 Å². The lowest BCUT2D eigenvalue weighted by Crippen LogP contribution is -2.38. The third-order valence-corrected chi connectivity index (χ3v) is 4.21. The minimum absolute atomic E-state index is 0.115. The minimum atomic E-state index is -0.788. The van der Waals surface area contributed by atoms with E-state index in [1.807, 2.05) is 48.7 Å². The van der Waals surface area contributed by atoms with Gasteiger partial charge in [-0.15, -0.1) is 0 Å². The van der Waals surface area contributed by atoms with E-state index in [-0.39, 0.29) is 6.04 Å². The Balaban J connectivity index is 1.57. The predicted molar refractivity (Wildman–Crippen MR) is 104 cm³/mol. The number of benzene rings is 1. The van der Waals surface area contributed by atoms with Crippen LogP contribution in [-0.2, 0) is 9.59 Å². The van der Waals surface area contributed by atoms with E-state index < -0.39 is 11.8 Å². The third-order valence-electron chi connectivity index (χ3n) is 4.21. The van der Waals surface area contributed by atoms with Crippen LogP contribution in [0.2, 0.25) is 0 Å². The molecular weight excluding hydrogens is 356 g/mol. The van der Waals surface area contributed by atoms with Gasteiger partial charge in [-0.1, -0.05) is 18.2 Å². The fourth-order valence-corrected chi connectivity index (χ4v) is 2.62. The molecule has 28 heavy (non-hydrogen) atoms. The molecule has 2 amide bonds. The van der Waals surface area contributed by atoms with Crippen LogP contribution in [0.15, 0.2) is 66.2 Å². The number of aromatic nitrogens is 3. The second-order valence-corrected chi connectivity index (χ2v) is 6.40. The zero-order valence-electron chi connectivity index (χ0n) is 14.9. The van der Waals surface area contributed by atoms with Gasteiger partial charge in [-0.2, -0.15) is 10.2 Å². The van der Waals surface area contributed by atoms with Crippen LogP contribution in [-0.4, -0.2) is 38.8 Å². The first-order valence-electron chi connectivity index (χ1n) is 8.90. The Morgan fingerprint density at radius 3 is 2.54 bits per heavy atom. The molecule has 1 aliphatic rings. The van der Waals surface area contributed by atoms with Crippen molar-refractivity contribution in [2.45, 2.75) is 18.9 Å². The van der Waals surface area contributed by atoms with Gasteiger partial charge in [0.25, 0.3) is 0 Å². The zero-order chi connectivity index (χ0) is 19.3. The Bertz CT molecular complexity index is 1010. The summed E-state index contributed by atoms with van der Waals surface area (Å²) >= 11 is 0. The average molecular weight is 374 g/mol. The van der Waals surface area contributed by atoms with Crippen LogP contribution < -0.4 is 10.7 Å². The minimum Gasteiger partial charge on any atom is -0.345 e. The van der Waals surface area contributed by atoms with Crippen molar-refractivity contribution in [3.05, 3.63) is 66.6 Å². The highest BCUT2D eigenvalue weighted by molar-refractivity contribution is 6.35. The molecule has 0 radical (unpaired) electrons. The molecule has 1 aliphatic carbocycles. The van der Waals surface area contributed by atoms with Gasteiger partial charge in [0, 0.05) is 35.8 Å². The maximum Gasteiger partial charge on any atom is 0.329 e. The number of pyridine rings is 1. The van der Waals surface area contributed by atoms with Crippen LogP contribution in [0.5, 0.6) is 0 Å². The van der Waals surface area contributed by atoms with Gasteiger partial charge < -0.3 is 5.32 Å². The summed E-state index contributed by atoms with van der Waals surface area (Å²) in [4.78, 5) is 27.5. The summed E-state index contributed by atoms with van der Waals surface area (Å²) in [6, 6.07) is 13.5. The second kappa shape index (κ2) is 7.83. The maximum absolute atomic E-state index is 11.8. The second-order valence-electron chi connectivity index (χ2n) is 6.40. The Kier molecular flexibility index (Phi) is 4.92. The van der Waals surface area contributed by atoms with E-state index in [2.05, 4.69) is 25.9 Å². The quantitative estimate of drug-likeness (QED) is 0.403. The number of nitrogens with one attached hydrogen (secondary N) is 2. The van der Waals surface area contributed by atoms with E-state index in [1.54, 1.807) is 17.1 Å². The monoisotopic (exact) mass is 374 g/mol. The number of carbonyl (C=O) groups is 2. The molecule has 0 atom stereocenters. The van der Waals surface area contributed by atoms with Gasteiger partial charge in [0.15, 0.2) is 0 Å². The van der Waals surface area contributed by atoms with Crippen molar-refractivity contribution in [1.82, 2.24) is 25.5 Å². The van der Waals surface area contributed by atoms with Crippen LogP contribution in [0.1, 0.15) is 18.4 Å². The van der Waals surface area contributed by atoms with Crippen LogP contribution in [0, 0.1) is 0 Å². The number of rotatable bonds is 5. The fourth-order valence-electron chi connectivity index (χ4n) is 2.62. The van der Waals surface area contributed by atoms with Crippen LogP contribution in [0.3, 0.4) is 0 Å². The molecule has 2 N–H and O–H groups in total. The lowest BCUT2D eigenvalue weighted by Gasteiger charge is -2.01. The van der Waals surface area contributed by atoms with E-state index in [1.165, 1.54) is 6.21 Å². The van der Waals surface area contributed by atoms with Crippen molar-refractivity contribution < 1.29 is 9.59 Å². The Morgan fingerprint density at radius 1 is 1.07 bits per heavy atom. The number of hydrogen-bond acceptors (Lipinski definition) is 5. The Labute approximate surface area is 161 Å². The van der Waals surface area contributed by atoms with Crippen molar-refractivity contribution in [3.63, 3.8) is 0 Å². The van der Waals surface area contributed by atoms with Crippen molar-refractivity contribution in [2.75, 3.05) is 0 Å². The standard InChI is InChI=1S/C20H18N6O2/c27-19(23-16-6-7-16)20(28)24-22-12-15-13-26(17-4-2-1-3-5-17)25-18(15)14-8-10-21-11-9-14/h1-5,8-13,16H,6-7H2,(H,23,27)(H,24,28)/b22-12-. The van der Waals surface area contributed by atoms with E-state index in [0.717, 1.165) is 24.1 Å². The number of hydrazone groups is 1. The molecular formula is C20H18N6O2. The van der Waals surface area contributed by atoms with E-state index >= 15 is 0 Å². The van der Waals surface area contributed by atoms with Gasteiger partial charge in [0.2, 0.25) is 0 Å². The highest BCUT2D eigenvalue weighted by Crippen LogP contribution is 2.22. The molecule has 1 saturated carbocycles. The molecule has 1 aromatic carbocycles. The van der Waals surface area contributed by atoms with E-state index in [9.17, 15) is 9.59 Å². The smallest absolute Gasteiger partial charge is 0.329 e. The lowest BCUT2D eigenvalue weighted by atomic mass is 10.1. The van der Waals surface area contributed by atoms with Gasteiger partial charge in [0.05, 0.1) is 11.9 Å². The first kappa shape index (κ1) is 17.6. The molecule has 0 unspecified atom stereocenters. The highest BCUT2D eigenvalue weighted by Gasteiger charge is 2.26. The van der Waals surface area contributed by atoms with Crippen LogP contribution in [0.4, 0.5) is 0 Å². The van der Waals surface area contributed by atoms with E-state index in [0.29, 0.717) is 11.3 Å². The normalized spacial score (nSPS) is 13.4. The summed E-state index contributed by atoms with van der Waals surface area (Å²) in [7, 11) is 0. The van der Waals surface area contributed by atoms with E-state index in [4.69, 9.17) is 0 Å². The molecule has 0 saturated heterocycles. The molecule has 4 rings (SSSR count).